The smallest absolute Gasteiger partial charge is 0.161 e. The van der Waals surface area contributed by atoms with Gasteiger partial charge in [0.2, 0.25) is 0 Å². The molecule has 0 bridgehead atoms. The van der Waals surface area contributed by atoms with Gasteiger partial charge >= 0.3 is 0 Å². The van der Waals surface area contributed by atoms with Crippen LogP contribution in [0.2, 0.25) is 0 Å². The number of methoxy groups -OCH3 is 1. The van der Waals surface area contributed by atoms with Crippen molar-refractivity contribution < 1.29 is 14.3 Å². The van der Waals surface area contributed by atoms with Crippen molar-refractivity contribution in [3.05, 3.63) is 65.2 Å². The van der Waals surface area contributed by atoms with Crippen LogP contribution in [0.5, 0.6) is 11.5 Å². The van der Waals surface area contributed by atoms with Crippen LogP contribution in [0.15, 0.2) is 54.1 Å². The van der Waals surface area contributed by atoms with Crippen LogP contribution in [0.25, 0.3) is 6.08 Å². The molecule has 4 nitrogen and oxygen atoms in total. The van der Waals surface area contributed by atoms with Gasteiger partial charge < -0.3 is 9.47 Å². The second-order valence-electron chi connectivity index (χ2n) is 6.38. The number of ketones is 1. The number of benzene rings is 2. The number of carbonyl (C=O) groups excluding carboxylic acids is 1. The number of ether oxygens (including phenoxy) is 2. The fourth-order valence-corrected chi connectivity index (χ4v) is 3.18. The summed E-state index contributed by atoms with van der Waals surface area (Å²) < 4.78 is 11.0. The van der Waals surface area contributed by atoms with E-state index in [4.69, 9.17) is 9.47 Å². The van der Waals surface area contributed by atoms with E-state index in [1.165, 1.54) is 5.56 Å². The molecule has 1 aliphatic rings. The SMILES string of the molecule is CCOc1ccc(/C=C2\CN(Cc3ccccc3)CCC2=O)cc1OC. The van der Waals surface area contributed by atoms with Crippen LogP contribution in [0.1, 0.15) is 24.5 Å². The molecule has 0 aromatic heterocycles. The van der Waals surface area contributed by atoms with Gasteiger partial charge in [0.1, 0.15) is 0 Å². The van der Waals surface area contributed by atoms with Gasteiger partial charge in [0, 0.05) is 31.6 Å². The van der Waals surface area contributed by atoms with Crippen LogP contribution >= 0.6 is 0 Å². The maximum absolute atomic E-state index is 12.4. The summed E-state index contributed by atoms with van der Waals surface area (Å²) in [6, 6.07) is 16.1. The second-order valence-corrected chi connectivity index (χ2v) is 6.38. The first kappa shape index (κ1) is 18.2. The van der Waals surface area contributed by atoms with Crippen molar-refractivity contribution in [2.45, 2.75) is 19.9 Å². The number of carbonyl (C=O) groups is 1. The fraction of sp³-hybridized carbons (Fsp3) is 0.318. The molecule has 2 aromatic rings. The zero-order valence-corrected chi connectivity index (χ0v) is 15.4. The number of hydrogen-bond donors (Lipinski definition) is 0. The van der Waals surface area contributed by atoms with E-state index in [2.05, 4.69) is 17.0 Å². The quantitative estimate of drug-likeness (QED) is 0.739. The molecule has 0 radical (unpaired) electrons. The van der Waals surface area contributed by atoms with Gasteiger partial charge in [-0.25, -0.2) is 0 Å². The largest absolute Gasteiger partial charge is 0.493 e. The molecule has 26 heavy (non-hydrogen) atoms. The van der Waals surface area contributed by atoms with Crippen molar-refractivity contribution in [1.82, 2.24) is 4.90 Å². The van der Waals surface area contributed by atoms with Gasteiger partial charge in [-0.15, -0.1) is 0 Å². The van der Waals surface area contributed by atoms with Crippen molar-refractivity contribution in [3.8, 4) is 11.5 Å². The van der Waals surface area contributed by atoms with Crippen molar-refractivity contribution in [2.75, 3.05) is 26.8 Å². The molecule has 0 aliphatic carbocycles. The van der Waals surface area contributed by atoms with Crippen molar-refractivity contribution >= 4 is 11.9 Å². The lowest BCUT2D eigenvalue weighted by Crippen LogP contribution is -2.35. The Morgan fingerprint density at radius 3 is 2.65 bits per heavy atom. The lowest BCUT2D eigenvalue weighted by molar-refractivity contribution is -0.117. The Morgan fingerprint density at radius 1 is 1.12 bits per heavy atom. The van der Waals surface area contributed by atoms with E-state index in [1.54, 1.807) is 7.11 Å². The molecule has 0 unspecified atom stereocenters. The molecular formula is C22H25NO3. The summed E-state index contributed by atoms with van der Waals surface area (Å²) >= 11 is 0. The van der Waals surface area contributed by atoms with Gasteiger partial charge in [-0.2, -0.15) is 0 Å². The first-order valence-electron chi connectivity index (χ1n) is 9.00. The monoisotopic (exact) mass is 351 g/mol. The second kappa shape index (κ2) is 8.68. The average Bonchev–Trinajstić information content (AvgIpc) is 2.66. The number of nitrogens with zero attached hydrogens (tertiary/aromatic N) is 1. The molecule has 1 saturated heterocycles. The Labute approximate surface area is 155 Å². The molecule has 0 atom stereocenters. The molecule has 0 spiro atoms. The predicted octanol–water partition coefficient (Wildman–Crippen LogP) is 3.95. The Bertz CT molecular complexity index is 783. The topological polar surface area (TPSA) is 38.8 Å². The third kappa shape index (κ3) is 4.52. The van der Waals surface area contributed by atoms with Gasteiger partial charge in [-0.05, 0) is 36.3 Å². The molecule has 1 fully saturated rings. The van der Waals surface area contributed by atoms with E-state index in [-0.39, 0.29) is 5.78 Å². The van der Waals surface area contributed by atoms with Crippen LogP contribution in [-0.4, -0.2) is 37.5 Å². The minimum absolute atomic E-state index is 0.224. The Kier molecular flexibility index (Phi) is 6.08. The number of piperidine rings is 1. The van der Waals surface area contributed by atoms with Crippen molar-refractivity contribution in [3.63, 3.8) is 0 Å². The summed E-state index contributed by atoms with van der Waals surface area (Å²) in [4.78, 5) is 14.7. The zero-order valence-electron chi connectivity index (χ0n) is 15.4. The minimum atomic E-state index is 0.224. The van der Waals surface area contributed by atoms with E-state index in [0.717, 1.165) is 30.0 Å². The van der Waals surface area contributed by atoms with Gasteiger partial charge in [-0.3, -0.25) is 9.69 Å². The van der Waals surface area contributed by atoms with Crippen molar-refractivity contribution in [1.29, 1.82) is 0 Å². The van der Waals surface area contributed by atoms with E-state index in [9.17, 15) is 4.79 Å². The standard InChI is InChI=1S/C22H25NO3/c1-3-26-21-10-9-18(14-22(21)25-2)13-19-16-23(12-11-20(19)24)15-17-7-5-4-6-8-17/h4-10,13-14H,3,11-12,15-16H2,1-2H3/b19-13+. The first-order valence-corrected chi connectivity index (χ1v) is 9.00. The molecule has 0 N–H and O–H groups in total. The van der Waals surface area contributed by atoms with Crippen LogP contribution in [0.3, 0.4) is 0 Å². The minimum Gasteiger partial charge on any atom is -0.493 e. The maximum atomic E-state index is 12.4. The van der Waals surface area contributed by atoms with Gasteiger partial charge in [-0.1, -0.05) is 36.4 Å². The summed E-state index contributed by atoms with van der Waals surface area (Å²) in [6.45, 7) is 4.86. The molecule has 2 aromatic carbocycles. The Balaban J connectivity index is 1.76. The van der Waals surface area contributed by atoms with Gasteiger partial charge in [0.15, 0.2) is 17.3 Å². The van der Waals surface area contributed by atoms with Gasteiger partial charge in [0.25, 0.3) is 0 Å². The average molecular weight is 351 g/mol. The summed E-state index contributed by atoms with van der Waals surface area (Å²) in [6.07, 6.45) is 2.53. The molecule has 1 heterocycles. The summed E-state index contributed by atoms with van der Waals surface area (Å²) in [5, 5.41) is 0. The third-order valence-corrected chi connectivity index (χ3v) is 4.48. The molecule has 0 saturated carbocycles. The lowest BCUT2D eigenvalue weighted by Gasteiger charge is -2.28. The maximum Gasteiger partial charge on any atom is 0.161 e. The number of hydrogen-bond acceptors (Lipinski definition) is 4. The van der Waals surface area contributed by atoms with Crippen LogP contribution < -0.4 is 9.47 Å². The predicted molar refractivity (Wildman–Crippen MR) is 103 cm³/mol. The van der Waals surface area contributed by atoms with E-state index < -0.39 is 0 Å². The molecule has 1 aliphatic heterocycles. The van der Waals surface area contributed by atoms with E-state index in [0.29, 0.717) is 25.3 Å². The van der Waals surface area contributed by atoms with Gasteiger partial charge in [0.05, 0.1) is 13.7 Å². The highest BCUT2D eigenvalue weighted by molar-refractivity contribution is 6.00. The van der Waals surface area contributed by atoms with Crippen LogP contribution in [0.4, 0.5) is 0 Å². The van der Waals surface area contributed by atoms with E-state index in [1.807, 2.05) is 49.4 Å². The first-order chi connectivity index (χ1) is 12.7. The summed E-state index contributed by atoms with van der Waals surface area (Å²) in [5.41, 5.74) is 3.07. The molecule has 3 rings (SSSR count). The van der Waals surface area contributed by atoms with Crippen molar-refractivity contribution in [2.24, 2.45) is 0 Å². The lowest BCUT2D eigenvalue weighted by atomic mass is 9.99. The number of rotatable bonds is 6. The summed E-state index contributed by atoms with van der Waals surface area (Å²) in [7, 11) is 1.63. The normalized spacial score (nSPS) is 16.7. The summed E-state index contributed by atoms with van der Waals surface area (Å²) in [5.74, 6) is 1.63. The van der Waals surface area contributed by atoms with E-state index >= 15 is 0 Å². The highest BCUT2D eigenvalue weighted by atomic mass is 16.5. The highest BCUT2D eigenvalue weighted by Gasteiger charge is 2.21. The number of likely N-dealkylation sites (tertiary alicyclic amines) is 1. The highest BCUT2D eigenvalue weighted by Crippen LogP contribution is 2.29. The molecule has 136 valence electrons. The Morgan fingerprint density at radius 2 is 1.92 bits per heavy atom. The van der Waals surface area contributed by atoms with Crippen LogP contribution in [0, 0.1) is 0 Å². The molecular weight excluding hydrogens is 326 g/mol. The third-order valence-electron chi connectivity index (χ3n) is 4.48. The Hall–Kier alpha value is -2.59. The fourth-order valence-electron chi connectivity index (χ4n) is 3.18. The molecule has 0 amide bonds. The molecule has 4 heteroatoms. The zero-order chi connectivity index (χ0) is 18.4. The number of Topliss-reactive ketones (excluding diaryl/α,β-unsaturated/α-hetero) is 1. The van der Waals surface area contributed by atoms with Crippen LogP contribution in [-0.2, 0) is 11.3 Å².